The van der Waals surface area contributed by atoms with Crippen LogP contribution in [0.3, 0.4) is 0 Å². The monoisotopic (exact) mass is 233 g/mol. The highest BCUT2D eigenvalue weighted by atomic mass is 32.1. The summed E-state index contributed by atoms with van der Waals surface area (Å²) in [5, 5.41) is 9.34. The Bertz CT molecular complexity index is 660. The fourth-order valence-corrected chi connectivity index (χ4v) is 2.75. The van der Waals surface area contributed by atoms with Crippen LogP contribution in [-0.2, 0) is 6.54 Å². The lowest BCUT2D eigenvalue weighted by Gasteiger charge is -2.04. The molecule has 2 heterocycles. The lowest BCUT2D eigenvalue weighted by molar-refractivity contribution is 0.737. The minimum atomic E-state index is -0.106. The van der Waals surface area contributed by atoms with Crippen LogP contribution in [0.2, 0.25) is 0 Å². The molecule has 0 radical (unpaired) electrons. The normalized spacial score (nSPS) is 10.6. The SMILES string of the molecule is Cc1sc2nc(C)n(CC#N)c(=O)c2c1C. The third-order valence-electron chi connectivity index (χ3n) is 2.71. The number of aryl methyl sites for hydroxylation is 3. The Kier molecular flexibility index (Phi) is 2.52. The van der Waals surface area contributed by atoms with E-state index in [9.17, 15) is 4.79 Å². The molecule has 16 heavy (non-hydrogen) atoms. The highest BCUT2D eigenvalue weighted by Crippen LogP contribution is 2.25. The van der Waals surface area contributed by atoms with E-state index in [0.717, 1.165) is 15.3 Å². The molecule has 82 valence electrons. The van der Waals surface area contributed by atoms with Crippen molar-refractivity contribution in [3.05, 3.63) is 26.6 Å². The Morgan fingerprint density at radius 1 is 1.44 bits per heavy atom. The Labute approximate surface area is 96.8 Å². The first kappa shape index (κ1) is 10.8. The van der Waals surface area contributed by atoms with Crippen molar-refractivity contribution in [1.29, 1.82) is 5.26 Å². The Hall–Kier alpha value is -1.67. The fourth-order valence-electron chi connectivity index (χ4n) is 1.69. The summed E-state index contributed by atoms with van der Waals surface area (Å²) >= 11 is 1.53. The van der Waals surface area contributed by atoms with Crippen LogP contribution in [0.1, 0.15) is 16.3 Å². The van der Waals surface area contributed by atoms with Crippen molar-refractivity contribution in [2.75, 3.05) is 0 Å². The zero-order valence-electron chi connectivity index (χ0n) is 9.37. The number of hydrogen-bond acceptors (Lipinski definition) is 4. The molecule has 0 aliphatic heterocycles. The maximum Gasteiger partial charge on any atom is 0.263 e. The van der Waals surface area contributed by atoms with E-state index in [-0.39, 0.29) is 12.1 Å². The Morgan fingerprint density at radius 3 is 2.75 bits per heavy atom. The van der Waals surface area contributed by atoms with Crippen molar-refractivity contribution in [2.24, 2.45) is 0 Å². The predicted octanol–water partition coefficient (Wildman–Crippen LogP) is 1.91. The molecule has 0 N–H and O–H groups in total. The third kappa shape index (κ3) is 1.42. The second kappa shape index (κ2) is 3.72. The minimum Gasteiger partial charge on any atom is -0.282 e. The molecule has 0 aliphatic rings. The summed E-state index contributed by atoms with van der Waals surface area (Å²) in [6, 6.07) is 1.98. The molecule has 0 spiro atoms. The Morgan fingerprint density at radius 2 is 2.12 bits per heavy atom. The number of fused-ring (bicyclic) bond motifs is 1. The van der Waals surface area contributed by atoms with Gasteiger partial charge < -0.3 is 0 Å². The summed E-state index contributed by atoms with van der Waals surface area (Å²) in [5.41, 5.74) is 0.870. The molecule has 2 rings (SSSR count). The number of nitrogens with zero attached hydrogens (tertiary/aromatic N) is 3. The number of rotatable bonds is 1. The van der Waals surface area contributed by atoms with E-state index in [1.807, 2.05) is 19.9 Å². The third-order valence-corrected chi connectivity index (χ3v) is 3.81. The molecule has 0 aromatic carbocycles. The summed E-state index contributed by atoms with van der Waals surface area (Å²) in [7, 11) is 0. The van der Waals surface area contributed by atoms with E-state index in [0.29, 0.717) is 11.2 Å². The lowest BCUT2D eigenvalue weighted by Crippen LogP contribution is -2.23. The van der Waals surface area contributed by atoms with Crippen LogP contribution in [-0.4, -0.2) is 9.55 Å². The van der Waals surface area contributed by atoms with Gasteiger partial charge in [0, 0.05) is 4.88 Å². The molecule has 2 aromatic heterocycles. The van der Waals surface area contributed by atoms with Gasteiger partial charge in [-0.1, -0.05) is 0 Å². The fraction of sp³-hybridized carbons (Fsp3) is 0.364. The molecular formula is C11H11N3OS. The minimum absolute atomic E-state index is 0.0575. The van der Waals surface area contributed by atoms with Crippen LogP contribution in [0, 0.1) is 32.1 Å². The van der Waals surface area contributed by atoms with Crippen molar-refractivity contribution in [3.8, 4) is 6.07 Å². The van der Waals surface area contributed by atoms with Gasteiger partial charge in [0.1, 0.15) is 17.2 Å². The zero-order valence-corrected chi connectivity index (χ0v) is 10.2. The largest absolute Gasteiger partial charge is 0.282 e. The molecule has 0 saturated carbocycles. The van der Waals surface area contributed by atoms with E-state index in [4.69, 9.17) is 5.26 Å². The molecule has 4 nitrogen and oxygen atoms in total. The number of hydrogen-bond donors (Lipinski definition) is 0. The summed E-state index contributed by atoms with van der Waals surface area (Å²) < 4.78 is 1.42. The molecule has 0 aliphatic carbocycles. The smallest absolute Gasteiger partial charge is 0.263 e. The van der Waals surface area contributed by atoms with Crippen molar-refractivity contribution >= 4 is 21.6 Å². The molecule has 5 heteroatoms. The van der Waals surface area contributed by atoms with Crippen LogP contribution < -0.4 is 5.56 Å². The molecule has 0 unspecified atom stereocenters. The highest BCUT2D eigenvalue weighted by Gasteiger charge is 2.13. The molecular weight excluding hydrogens is 222 g/mol. The summed E-state index contributed by atoms with van der Waals surface area (Å²) in [6.07, 6.45) is 0. The van der Waals surface area contributed by atoms with Crippen molar-refractivity contribution in [1.82, 2.24) is 9.55 Å². The maximum absolute atomic E-state index is 12.2. The molecule has 0 fully saturated rings. The lowest BCUT2D eigenvalue weighted by atomic mass is 10.2. The second-order valence-electron chi connectivity index (χ2n) is 3.67. The van der Waals surface area contributed by atoms with Crippen molar-refractivity contribution in [3.63, 3.8) is 0 Å². The first-order valence-electron chi connectivity index (χ1n) is 4.90. The van der Waals surface area contributed by atoms with Gasteiger partial charge in [-0.25, -0.2) is 4.98 Å². The summed E-state index contributed by atoms with van der Waals surface area (Å²) in [6.45, 7) is 5.71. The van der Waals surface area contributed by atoms with E-state index in [2.05, 4.69) is 4.98 Å². The van der Waals surface area contributed by atoms with Gasteiger partial charge in [-0.05, 0) is 26.3 Å². The van der Waals surface area contributed by atoms with Gasteiger partial charge in [-0.3, -0.25) is 9.36 Å². The van der Waals surface area contributed by atoms with Gasteiger partial charge in [-0.15, -0.1) is 11.3 Å². The van der Waals surface area contributed by atoms with E-state index in [1.165, 1.54) is 15.9 Å². The van der Waals surface area contributed by atoms with Gasteiger partial charge in [0.15, 0.2) is 0 Å². The van der Waals surface area contributed by atoms with Crippen LogP contribution in [0.25, 0.3) is 10.2 Å². The molecule has 0 atom stereocenters. The predicted molar refractivity (Wildman–Crippen MR) is 63.7 cm³/mol. The van der Waals surface area contributed by atoms with Gasteiger partial charge >= 0.3 is 0 Å². The van der Waals surface area contributed by atoms with E-state index < -0.39 is 0 Å². The van der Waals surface area contributed by atoms with Gasteiger partial charge in [-0.2, -0.15) is 5.26 Å². The Balaban J connectivity index is 2.92. The quantitative estimate of drug-likeness (QED) is 0.756. The van der Waals surface area contributed by atoms with Gasteiger partial charge in [0.2, 0.25) is 0 Å². The summed E-state index contributed by atoms with van der Waals surface area (Å²) in [5.74, 6) is 0.598. The average molecular weight is 233 g/mol. The number of aromatic nitrogens is 2. The second-order valence-corrected chi connectivity index (χ2v) is 4.88. The van der Waals surface area contributed by atoms with Gasteiger partial charge in [0.25, 0.3) is 5.56 Å². The van der Waals surface area contributed by atoms with Crippen LogP contribution in [0.4, 0.5) is 0 Å². The highest BCUT2D eigenvalue weighted by molar-refractivity contribution is 7.18. The van der Waals surface area contributed by atoms with Crippen molar-refractivity contribution < 1.29 is 0 Å². The molecule has 0 amide bonds. The van der Waals surface area contributed by atoms with E-state index >= 15 is 0 Å². The van der Waals surface area contributed by atoms with Crippen LogP contribution >= 0.6 is 11.3 Å². The van der Waals surface area contributed by atoms with Gasteiger partial charge in [0.05, 0.1) is 11.5 Å². The zero-order chi connectivity index (χ0) is 11.9. The van der Waals surface area contributed by atoms with Crippen molar-refractivity contribution in [2.45, 2.75) is 27.3 Å². The first-order valence-corrected chi connectivity index (χ1v) is 5.72. The molecule has 0 bridgehead atoms. The summed E-state index contributed by atoms with van der Waals surface area (Å²) in [4.78, 5) is 18.4. The number of thiophene rings is 1. The van der Waals surface area contributed by atoms with Crippen LogP contribution in [0.5, 0.6) is 0 Å². The topological polar surface area (TPSA) is 58.7 Å². The van der Waals surface area contributed by atoms with E-state index in [1.54, 1.807) is 6.92 Å². The first-order chi connectivity index (χ1) is 7.56. The standard InChI is InChI=1S/C11H11N3OS/c1-6-7(2)16-10-9(6)11(15)14(5-4-12)8(3)13-10/h5H2,1-3H3. The molecule has 2 aromatic rings. The maximum atomic E-state index is 12.2. The van der Waals surface area contributed by atoms with Crippen LogP contribution in [0.15, 0.2) is 4.79 Å². The molecule has 0 saturated heterocycles. The average Bonchev–Trinajstić information content (AvgIpc) is 2.49. The number of nitriles is 1.